The molecular formula is C9H9NO3S. The van der Waals surface area contributed by atoms with Gasteiger partial charge in [0, 0.05) is 0 Å². The molecule has 0 aliphatic carbocycles. The number of primary amides is 1. The van der Waals surface area contributed by atoms with E-state index in [-0.39, 0.29) is 16.2 Å². The lowest BCUT2D eigenvalue weighted by molar-refractivity contribution is 0.0997. The zero-order valence-electron chi connectivity index (χ0n) is 7.36. The van der Waals surface area contributed by atoms with Crippen molar-refractivity contribution >= 4 is 15.7 Å². The van der Waals surface area contributed by atoms with E-state index in [1.807, 2.05) is 0 Å². The minimum atomic E-state index is -3.28. The molecule has 2 N–H and O–H groups in total. The van der Waals surface area contributed by atoms with E-state index in [1.165, 1.54) is 6.07 Å². The highest BCUT2D eigenvalue weighted by Gasteiger charge is 2.30. The molecule has 0 fully saturated rings. The Morgan fingerprint density at radius 1 is 1.36 bits per heavy atom. The molecule has 0 spiro atoms. The third-order valence-corrected chi connectivity index (χ3v) is 4.16. The zero-order chi connectivity index (χ0) is 10.3. The third-order valence-electron chi connectivity index (χ3n) is 2.31. The van der Waals surface area contributed by atoms with Crippen molar-refractivity contribution in [2.45, 2.75) is 11.3 Å². The van der Waals surface area contributed by atoms with Crippen LogP contribution in [0.4, 0.5) is 0 Å². The summed E-state index contributed by atoms with van der Waals surface area (Å²) in [6.07, 6.45) is 0.471. The fourth-order valence-corrected chi connectivity index (χ4v) is 3.46. The Bertz CT molecular complexity index is 505. The Balaban J connectivity index is 2.79. The summed E-state index contributed by atoms with van der Waals surface area (Å²) in [5.41, 5.74) is 5.91. The number of carbonyl (C=O) groups excluding carboxylic acids is 1. The lowest BCUT2D eigenvalue weighted by Crippen LogP contribution is -2.15. The zero-order valence-corrected chi connectivity index (χ0v) is 8.17. The van der Waals surface area contributed by atoms with E-state index >= 15 is 0 Å². The van der Waals surface area contributed by atoms with Crippen molar-refractivity contribution < 1.29 is 13.2 Å². The van der Waals surface area contributed by atoms with E-state index in [2.05, 4.69) is 0 Å². The maximum Gasteiger partial charge on any atom is 0.250 e. The minimum Gasteiger partial charge on any atom is -0.366 e. The molecule has 0 saturated heterocycles. The number of hydrogen-bond acceptors (Lipinski definition) is 3. The van der Waals surface area contributed by atoms with Crippen LogP contribution in [0.25, 0.3) is 0 Å². The number of amides is 1. The van der Waals surface area contributed by atoms with Gasteiger partial charge in [-0.3, -0.25) is 4.79 Å². The van der Waals surface area contributed by atoms with E-state index < -0.39 is 15.7 Å². The highest BCUT2D eigenvalue weighted by molar-refractivity contribution is 7.91. The first-order valence-electron chi connectivity index (χ1n) is 4.17. The van der Waals surface area contributed by atoms with Gasteiger partial charge in [0.05, 0.1) is 16.2 Å². The van der Waals surface area contributed by atoms with E-state index in [0.29, 0.717) is 12.0 Å². The van der Waals surface area contributed by atoms with Crippen molar-refractivity contribution in [2.24, 2.45) is 5.73 Å². The molecule has 2 rings (SSSR count). The van der Waals surface area contributed by atoms with E-state index in [4.69, 9.17) is 5.73 Å². The number of carbonyl (C=O) groups is 1. The fraction of sp³-hybridized carbons (Fsp3) is 0.222. The number of sulfone groups is 1. The van der Waals surface area contributed by atoms with Gasteiger partial charge in [-0.25, -0.2) is 8.42 Å². The van der Waals surface area contributed by atoms with Crippen molar-refractivity contribution in [3.63, 3.8) is 0 Å². The second kappa shape index (κ2) is 2.81. The van der Waals surface area contributed by atoms with Crippen LogP contribution in [0.15, 0.2) is 23.1 Å². The summed E-state index contributed by atoms with van der Waals surface area (Å²) in [5, 5.41) is 0. The summed E-state index contributed by atoms with van der Waals surface area (Å²) in [6.45, 7) is 0. The minimum absolute atomic E-state index is 0.0760. The van der Waals surface area contributed by atoms with Gasteiger partial charge in [0.1, 0.15) is 0 Å². The van der Waals surface area contributed by atoms with Crippen molar-refractivity contribution in [1.29, 1.82) is 0 Å². The number of benzene rings is 1. The molecule has 0 saturated carbocycles. The van der Waals surface area contributed by atoms with Crippen molar-refractivity contribution in [3.05, 3.63) is 29.3 Å². The summed E-state index contributed by atoms with van der Waals surface area (Å²) in [7, 11) is -3.28. The molecule has 1 aromatic carbocycles. The molecule has 14 heavy (non-hydrogen) atoms. The van der Waals surface area contributed by atoms with Gasteiger partial charge in [-0.05, 0) is 18.1 Å². The summed E-state index contributed by atoms with van der Waals surface area (Å²) in [6, 6.07) is 4.82. The van der Waals surface area contributed by atoms with Crippen LogP contribution in [-0.2, 0) is 16.3 Å². The Labute approximate surface area is 81.6 Å². The van der Waals surface area contributed by atoms with E-state index in [0.717, 1.165) is 0 Å². The second-order valence-corrected chi connectivity index (χ2v) is 5.27. The van der Waals surface area contributed by atoms with E-state index in [9.17, 15) is 13.2 Å². The molecule has 1 aliphatic rings. The average Bonchev–Trinajstić information content (AvgIpc) is 2.43. The number of nitrogens with two attached hydrogens (primary N) is 1. The predicted molar refractivity (Wildman–Crippen MR) is 50.7 cm³/mol. The normalized spacial score (nSPS) is 17.7. The lowest BCUT2D eigenvalue weighted by atomic mass is 10.1. The summed E-state index contributed by atoms with van der Waals surface area (Å²) in [4.78, 5) is 11.1. The maximum absolute atomic E-state index is 11.6. The van der Waals surface area contributed by atoms with Crippen LogP contribution in [0, 0.1) is 0 Å². The van der Waals surface area contributed by atoms with Gasteiger partial charge < -0.3 is 5.73 Å². The third kappa shape index (κ3) is 1.21. The number of hydrogen-bond donors (Lipinski definition) is 1. The summed E-state index contributed by atoms with van der Waals surface area (Å²) in [5.74, 6) is -0.612. The molecule has 1 aromatic rings. The molecule has 4 nitrogen and oxygen atoms in total. The molecule has 5 heteroatoms. The monoisotopic (exact) mass is 211 g/mol. The van der Waals surface area contributed by atoms with Crippen LogP contribution in [-0.4, -0.2) is 20.1 Å². The van der Waals surface area contributed by atoms with Gasteiger partial charge in [-0.15, -0.1) is 0 Å². The van der Waals surface area contributed by atoms with Crippen LogP contribution >= 0.6 is 0 Å². The van der Waals surface area contributed by atoms with Gasteiger partial charge in [0.2, 0.25) is 5.91 Å². The Hall–Kier alpha value is -1.36. The summed E-state index contributed by atoms with van der Waals surface area (Å²) >= 11 is 0. The summed E-state index contributed by atoms with van der Waals surface area (Å²) < 4.78 is 23.1. The largest absolute Gasteiger partial charge is 0.366 e. The number of rotatable bonds is 1. The molecule has 1 aliphatic heterocycles. The smallest absolute Gasteiger partial charge is 0.250 e. The molecular weight excluding hydrogens is 202 g/mol. The van der Waals surface area contributed by atoms with Gasteiger partial charge in [0.15, 0.2) is 9.84 Å². The van der Waals surface area contributed by atoms with Crippen molar-refractivity contribution in [1.82, 2.24) is 0 Å². The SMILES string of the molecule is NC(=O)c1cccc2c1S(=O)(=O)CC2. The Kier molecular flexibility index (Phi) is 1.85. The molecule has 0 radical (unpaired) electrons. The van der Waals surface area contributed by atoms with Crippen LogP contribution < -0.4 is 5.73 Å². The molecule has 0 atom stereocenters. The second-order valence-electron chi connectivity index (χ2n) is 3.23. The topological polar surface area (TPSA) is 77.2 Å². The highest BCUT2D eigenvalue weighted by atomic mass is 32.2. The van der Waals surface area contributed by atoms with Gasteiger partial charge >= 0.3 is 0 Å². The standard InChI is InChI=1S/C9H9NO3S/c10-9(11)7-3-1-2-6-4-5-14(12,13)8(6)7/h1-3H,4-5H2,(H2,10,11). The van der Waals surface area contributed by atoms with Gasteiger partial charge in [0.25, 0.3) is 0 Å². The Morgan fingerprint density at radius 3 is 2.71 bits per heavy atom. The van der Waals surface area contributed by atoms with Gasteiger partial charge in [-0.2, -0.15) is 0 Å². The first kappa shape index (κ1) is 9.21. The number of fused-ring (bicyclic) bond motifs is 1. The molecule has 0 bridgehead atoms. The van der Waals surface area contributed by atoms with E-state index in [1.54, 1.807) is 12.1 Å². The molecule has 1 heterocycles. The Morgan fingerprint density at radius 2 is 2.07 bits per heavy atom. The van der Waals surface area contributed by atoms with Crippen LogP contribution in [0.2, 0.25) is 0 Å². The molecule has 0 unspecified atom stereocenters. The lowest BCUT2D eigenvalue weighted by Gasteiger charge is -2.03. The predicted octanol–water partition coefficient (Wildman–Crippen LogP) is 0.115. The van der Waals surface area contributed by atoms with Crippen LogP contribution in [0.5, 0.6) is 0 Å². The molecule has 74 valence electrons. The van der Waals surface area contributed by atoms with Crippen LogP contribution in [0.3, 0.4) is 0 Å². The first-order valence-corrected chi connectivity index (χ1v) is 5.82. The quantitative estimate of drug-likeness (QED) is 0.716. The fourth-order valence-electron chi connectivity index (χ4n) is 1.69. The van der Waals surface area contributed by atoms with Crippen LogP contribution in [0.1, 0.15) is 15.9 Å². The average molecular weight is 211 g/mol. The number of aryl methyl sites for hydroxylation is 1. The molecule has 0 aromatic heterocycles. The van der Waals surface area contributed by atoms with Gasteiger partial charge in [-0.1, -0.05) is 12.1 Å². The highest BCUT2D eigenvalue weighted by Crippen LogP contribution is 2.28. The van der Waals surface area contributed by atoms with Crippen molar-refractivity contribution in [3.8, 4) is 0 Å². The first-order chi connectivity index (χ1) is 6.52. The maximum atomic E-state index is 11.6. The molecule has 1 amide bonds. The van der Waals surface area contributed by atoms with Crippen molar-refractivity contribution in [2.75, 3.05) is 5.75 Å².